The van der Waals surface area contributed by atoms with E-state index < -0.39 is 0 Å². The Kier molecular flexibility index (Phi) is 1.94. The average molecular weight is 96.1 g/mol. The van der Waals surface area contributed by atoms with Crippen LogP contribution in [0.25, 0.3) is 0 Å². The molecule has 1 heterocycles. The predicted molar refractivity (Wildman–Crippen MR) is 27.6 cm³/mol. The van der Waals surface area contributed by atoms with E-state index in [1.807, 2.05) is 0 Å². The first kappa shape index (κ1) is 4.85. The molecule has 0 aromatic carbocycles. The first-order chi connectivity index (χ1) is 3.50. The van der Waals surface area contributed by atoms with Gasteiger partial charge in [-0.3, -0.25) is 0 Å². The van der Waals surface area contributed by atoms with Crippen molar-refractivity contribution < 1.29 is 4.74 Å². The summed E-state index contributed by atoms with van der Waals surface area (Å²) in [5.41, 5.74) is 0. The van der Waals surface area contributed by atoms with E-state index in [0.717, 1.165) is 19.4 Å². The van der Waals surface area contributed by atoms with Crippen molar-refractivity contribution in [1.82, 2.24) is 0 Å². The SMILES string of the molecule is [C]1CC=CCCO1. The summed E-state index contributed by atoms with van der Waals surface area (Å²) in [6.07, 6.45) is 6.06. The Bertz CT molecular complexity index is 58.6. The third-order valence-corrected chi connectivity index (χ3v) is 0.856. The minimum absolute atomic E-state index is 0.802. The highest BCUT2D eigenvalue weighted by Gasteiger charge is 1.89. The van der Waals surface area contributed by atoms with Gasteiger partial charge in [0.1, 0.15) is 6.61 Å². The summed E-state index contributed by atoms with van der Waals surface area (Å²) >= 11 is 0. The van der Waals surface area contributed by atoms with E-state index >= 15 is 0 Å². The van der Waals surface area contributed by atoms with Crippen molar-refractivity contribution in [2.24, 2.45) is 0 Å². The van der Waals surface area contributed by atoms with Gasteiger partial charge < -0.3 is 4.74 Å². The molecule has 0 aromatic rings. The van der Waals surface area contributed by atoms with Gasteiger partial charge in [0.15, 0.2) is 0 Å². The lowest BCUT2D eigenvalue weighted by atomic mass is 10.4. The maximum atomic E-state index is 4.88. The van der Waals surface area contributed by atoms with Gasteiger partial charge in [0.25, 0.3) is 0 Å². The Hall–Kier alpha value is -0.300. The van der Waals surface area contributed by atoms with Crippen LogP contribution in [0.3, 0.4) is 0 Å². The summed E-state index contributed by atoms with van der Waals surface area (Å²) in [6, 6.07) is 0. The smallest absolute Gasteiger partial charge is 0.136 e. The number of rotatable bonds is 0. The third-order valence-electron chi connectivity index (χ3n) is 0.856. The van der Waals surface area contributed by atoms with Crippen molar-refractivity contribution in [3.05, 3.63) is 18.8 Å². The van der Waals surface area contributed by atoms with E-state index in [0.29, 0.717) is 0 Å². The lowest BCUT2D eigenvalue weighted by Gasteiger charge is -1.89. The van der Waals surface area contributed by atoms with Crippen LogP contribution in [0, 0.1) is 6.61 Å². The lowest BCUT2D eigenvalue weighted by Crippen LogP contribution is -1.83. The topological polar surface area (TPSA) is 9.23 Å². The molecule has 0 atom stereocenters. The Morgan fingerprint density at radius 1 is 1.43 bits per heavy atom. The Labute approximate surface area is 44.0 Å². The first-order valence-corrected chi connectivity index (χ1v) is 2.50. The molecule has 0 unspecified atom stereocenters. The van der Waals surface area contributed by atoms with Crippen molar-refractivity contribution in [3.8, 4) is 0 Å². The minimum Gasteiger partial charge on any atom is -0.368 e. The molecule has 38 valence electrons. The van der Waals surface area contributed by atoms with Crippen molar-refractivity contribution in [2.75, 3.05) is 6.61 Å². The van der Waals surface area contributed by atoms with Gasteiger partial charge in [-0.1, -0.05) is 12.2 Å². The molecule has 0 aromatic heterocycles. The molecule has 7 heavy (non-hydrogen) atoms. The lowest BCUT2D eigenvalue weighted by molar-refractivity contribution is 0.207. The van der Waals surface area contributed by atoms with Gasteiger partial charge in [0.2, 0.25) is 0 Å². The Morgan fingerprint density at radius 2 is 2.43 bits per heavy atom. The van der Waals surface area contributed by atoms with Crippen LogP contribution in [0.4, 0.5) is 0 Å². The van der Waals surface area contributed by atoms with Crippen molar-refractivity contribution in [2.45, 2.75) is 12.8 Å². The zero-order valence-electron chi connectivity index (χ0n) is 4.18. The first-order valence-electron chi connectivity index (χ1n) is 2.50. The van der Waals surface area contributed by atoms with Crippen molar-refractivity contribution in [1.29, 1.82) is 0 Å². The molecule has 1 rings (SSSR count). The summed E-state index contributed by atoms with van der Waals surface area (Å²) in [5, 5.41) is 0. The largest absolute Gasteiger partial charge is 0.368 e. The zero-order valence-corrected chi connectivity index (χ0v) is 4.18. The number of ether oxygens (including phenoxy) is 1. The van der Waals surface area contributed by atoms with Gasteiger partial charge in [-0.25, -0.2) is 0 Å². The van der Waals surface area contributed by atoms with Gasteiger partial charge >= 0.3 is 0 Å². The van der Waals surface area contributed by atoms with Crippen LogP contribution in [-0.4, -0.2) is 6.61 Å². The molecular formula is C6H8O. The molecule has 1 aliphatic heterocycles. The Morgan fingerprint density at radius 3 is 3.43 bits per heavy atom. The molecule has 1 nitrogen and oxygen atoms in total. The van der Waals surface area contributed by atoms with Crippen LogP contribution in [-0.2, 0) is 4.74 Å². The summed E-state index contributed by atoms with van der Waals surface area (Å²) in [7, 11) is 0. The maximum absolute atomic E-state index is 4.88. The highest BCUT2D eigenvalue weighted by molar-refractivity contribution is 4.86. The van der Waals surface area contributed by atoms with Gasteiger partial charge in [-0.2, -0.15) is 0 Å². The van der Waals surface area contributed by atoms with Crippen molar-refractivity contribution >= 4 is 0 Å². The summed E-state index contributed by atoms with van der Waals surface area (Å²) in [5.74, 6) is 0. The van der Waals surface area contributed by atoms with Gasteiger partial charge in [-0.05, 0) is 6.42 Å². The average Bonchev–Trinajstić information content (AvgIpc) is 1.90. The molecule has 0 saturated heterocycles. The molecule has 0 saturated carbocycles. The molecule has 0 fully saturated rings. The monoisotopic (exact) mass is 96.1 g/mol. The highest BCUT2D eigenvalue weighted by atomic mass is 16.5. The highest BCUT2D eigenvalue weighted by Crippen LogP contribution is 1.99. The molecule has 1 heteroatoms. The Balaban J connectivity index is 2.20. The molecule has 2 radical (unpaired) electrons. The van der Waals surface area contributed by atoms with Crippen LogP contribution in [0.1, 0.15) is 12.8 Å². The van der Waals surface area contributed by atoms with E-state index in [4.69, 9.17) is 4.74 Å². The van der Waals surface area contributed by atoms with Crippen LogP contribution < -0.4 is 0 Å². The summed E-state index contributed by atoms with van der Waals surface area (Å²) in [6.45, 7) is 3.56. The fraction of sp³-hybridized carbons (Fsp3) is 0.500. The number of hydrogen-bond acceptors (Lipinski definition) is 1. The van der Waals surface area contributed by atoms with E-state index in [2.05, 4.69) is 18.8 Å². The van der Waals surface area contributed by atoms with Crippen LogP contribution in [0.15, 0.2) is 12.2 Å². The van der Waals surface area contributed by atoms with Gasteiger partial charge in [-0.15, -0.1) is 0 Å². The van der Waals surface area contributed by atoms with Crippen LogP contribution >= 0.6 is 0 Å². The van der Waals surface area contributed by atoms with E-state index in [-0.39, 0.29) is 0 Å². The second-order valence-corrected chi connectivity index (χ2v) is 1.46. The normalized spacial score (nSPS) is 21.7. The molecule has 0 aliphatic carbocycles. The van der Waals surface area contributed by atoms with Gasteiger partial charge in [0, 0.05) is 6.42 Å². The predicted octanol–water partition coefficient (Wildman–Crippen LogP) is 1.39. The van der Waals surface area contributed by atoms with Crippen molar-refractivity contribution in [3.63, 3.8) is 0 Å². The molecular weight excluding hydrogens is 88.1 g/mol. The molecule has 0 amide bonds. The number of hydrogen-bond donors (Lipinski definition) is 0. The standard InChI is InChI=1S/C6H8O/c1-2-4-6-7-5-3-1/h1-2H,3-5H2. The third kappa shape index (κ3) is 1.74. The summed E-state index contributed by atoms with van der Waals surface area (Å²) in [4.78, 5) is 0. The zero-order chi connectivity index (χ0) is 4.95. The molecule has 1 aliphatic rings. The summed E-state index contributed by atoms with van der Waals surface area (Å²) < 4.78 is 4.88. The second kappa shape index (κ2) is 2.80. The molecule has 0 bridgehead atoms. The van der Waals surface area contributed by atoms with E-state index in [1.54, 1.807) is 0 Å². The molecule has 0 spiro atoms. The van der Waals surface area contributed by atoms with Gasteiger partial charge in [0.05, 0.1) is 6.61 Å². The van der Waals surface area contributed by atoms with E-state index in [1.165, 1.54) is 0 Å². The minimum atomic E-state index is 0.802. The fourth-order valence-electron chi connectivity index (χ4n) is 0.507. The van der Waals surface area contributed by atoms with Crippen LogP contribution in [0.2, 0.25) is 0 Å². The second-order valence-electron chi connectivity index (χ2n) is 1.46. The quantitative estimate of drug-likeness (QED) is 0.414. The fourth-order valence-corrected chi connectivity index (χ4v) is 0.507. The van der Waals surface area contributed by atoms with Crippen LogP contribution in [0.5, 0.6) is 0 Å². The molecule has 0 N–H and O–H groups in total. The maximum Gasteiger partial charge on any atom is 0.136 e. The van der Waals surface area contributed by atoms with E-state index in [9.17, 15) is 0 Å².